The number of rotatable bonds is 5. The molecular formula is C22H31IN6O. The Morgan fingerprint density at radius 3 is 2.63 bits per heavy atom. The first kappa shape index (κ1) is 22.6. The Kier molecular flexibility index (Phi) is 7.05. The third-order valence-electron chi connectivity index (χ3n) is 5.96. The van der Waals surface area contributed by atoms with Crippen LogP contribution >= 0.6 is 24.0 Å². The van der Waals surface area contributed by atoms with E-state index in [0.29, 0.717) is 13.1 Å². The zero-order chi connectivity index (χ0) is 20.4. The Balaban J connectivity index is 0.00000256. The van der Waals surface area contributed by atoms with Crippen LogP contribution < -0.4 is 10.2 Å². The fourth-order valence-electron chi connectivity index (χ4n) is 4.16. The second-order valence-corrected chi connectivity index (χ2v) is 8.10. The molecule has 0 bridgehead atoms. The number of benzene rings is 1. The summed E-state index contributed by atoms with van der Waals surface area (Å²) in [6.45, 7) is 7.52. The maximum absolute atomic E-state index is 12.8. The molecule has 0 spiro atoms. The number of halogens is 1. The Morgan fingerprint density at radius 1 is 1.27 bits per heavy atom. The van der Waals surface area contributed by atoms with Gasteiger partial charge in [-0.2, -0.15) is 5.10 Å². The van der Waals surface area contributed by atoms with Crippen molar-refractivity contribution in [3.8, 4) is 0 Å². The van der Waals surface area contributed by atoms with Crippen LogP contribution in [0.15, 0.2) is 41.7 Å². The van der Waals surface area contributed by atoms with Crippen LogP contribution in [0.3, 0.4) is 0 Å². The second kappa shape index (κ2) is 9.36. The summed E-state index contributed by atoms with van der Waals surface area (Å²) in [4.78, 5) is 21.6. The molecule has 2 heterocycles. The molecule has 0 radical (unpaired) electrons. The molecule has 2 aliphatic rings. The highest BCUT2D eigenvalue weighted by atomic mass is 127. The summed E-state index contributed by atoms with van der Waals surface area (Å²) >= 11 is 0. The van der Waals surface area contributed by atoms with Crippen LogP contribution in [0.1, 0.15) is 30.9 Å². The molecule has 2 fully saturated rings. The zero-order valence-corrected chi connectivity index (χ0v) is 20.3. The topological polar surface area (TPSA) is 65.8 Å². The van der Waals surface area contributed by atoms with Crippen molar-refractivity contribution in [3.05, 3.63) is 47.8 Å². The zero-order valence-electron chi connectivity index (χ0n) is 18.0. The van der Waals surface area contributed by atoms with Crippen LogP contribution in [-0.2, 0) is 17.3 Å². The summed E-state index contributed by atoms with van der Waals surface area (Å²) in [7, 11) is 1.86. The first-order valence-electron chi connectivity index (χ1n) is 10.4. The average molecular weight is 522 g/mol. The van der Waals surface area contributed by atoms with Crippen molar-refractivity contribution in [2.75, 3.05) is 37.6 Å². The number of aliphatic imine (C=N–C) groups is 1. The lowest BCUT2D eigenvalue weighted by molar-refractivity contribution is -0.120. The molecule has 1 aliphatic heterocycles. The molecule has 1 aliphatic carbocycles. The van der Waals surface area contributed by atoms with Crippen LogP contribution in [-0.4, -0.2) is 59.3 Å². The Labute approximate surface area is 195 Å². The van der Waals surface area contributed by atoms with Crippen molar-refractivity contribution in [2.45, 2.75) is 32.1 Å². The maximum Gasteiger partial charge on any atom is 0.246 e. The minimum atomic E-state index is 0. The molecule has 162 valence electrons. The largest absolute Gasteiger partial charge is 0.357 e. The third-order valence-corrected chi connectivity index (χ3v) is 5.96. The van der Waals surface area contributed by atoms with Gasteiger partial charge in [0, 0.05) is 38.3 Å². The van der Waals surface area contributed by atoms with E-state index < -0.39 is 0 Å². The number of anilines is 1. The van der Waals surface area contributed by atoms with E-state index in [4.69, 9.17) is 4.99 Å². The first-order chi connectivity index (χ1) is 14.0. The number of amides is 1. The molecule has 8 heteroatoms. The Hall–Kier alpha value is -2.10. The van der Waals surface area contributed by atoms with Gasteiger partial charge in [-0.3, -0.25) is 14.5 Å². The number of hydrogen-bond acceptors (Lipinski definition) is 3. The minimum Gasteiger partial charge on any atom is -0.357 e. The van der Waals surface area contributed by atoms with E-state index in [-0.39, 0.29) is 35.3 Å². The highest BCUT2D eigenvalue weighted by molar-refractivity contribution is 14.0. The normalized spacial score (nSPS) is 18.2. The number of aryl methyl sites for hydroxylation is 2. The number of guanidine groups is 1. The van der Waals surface area contributed by atoms with Crippen molar-refractivity contribution in [3.63, 3.8) is 0 Å². The molecule has 1 saturated heterocycles. The standard InChI is InChI=1S/C22H30N6O.HI/c1-4-23-21(24-16-22(9-10-22)19-8-6-5-7-17(19)2)27-11-12-28(20(29)15-27)18-13-25-26(3)14-18;/h5-8,13-14H,4,9-12,15-16H2,1-3H3,(H,23,24);1H. The van der Waals surface area contributed by atoms with Gasteiger partial charge >= 0.3 is 0 Å². The molecule has 1 saturated carbocycles. The number of nitrogens with zero attached hydrogens (tertiary/aromatic N) is 5. The molecule has 1 aromatic heterocycles. The molecular weight excluding hydrogens is 491 g/mol. The van der Waals surface area contributed by atoms with Gasteiger partial charge in [-0.15, -0.1) is 24.0 Å². The molecule has 4 rings (SSSR count). The highest BCUT2D eigenvalue weighted by Gasteiger charge is 2.45. The van der Waals surface area contributed by atoms with E-state index in [2.05, 4.69) is 53.4 Å². The number of nitrogens with one attached hydrogen (secondary N) is 1. The quantitative estimate of drug-likeness (QED) is 0.373. The monoisotopic (exact) mass is 522 g/mol. The predicted octanol–water partition coefficient (Wildman–Crippen LogP) is 2.69. The molecule has 0 unspecified atom stereocenters. The Morgan fingerprint density at radius 2 is 2.03 bits per heavy atom. The fraction of sp³-hybridized carbons (Fsp3) is 0.500. The lowest BCUT2D eigenvalue weighted by Crippen LogP contribution is -2.55. The number of carbonyl (C=O) groups excluding carboxylic acids is 1. The van der Waals surface area contributed by atoms with Gasteiger partial charge in [-0.05, 0) is 37.8 Å². The smallest absolute Gasteiger partial charge is 0.246 e. The SMILES string of the molecule is CCNC(=NCC1(c2ccccc2C)CC1)N1CCN(c2cnn(C)c2)C(=O)C1.I. The fourth-order valence-corrected chi connectivity index (χ4v) is 4.16. The molecule has 30 heavy (non-hydrogen) atoms. The van der Waals surface area contributed by atoms with Crippen LogP contribution in [0, 0.1) is 6.92 Å². The van der Waals surface area contributed by atoms with Gasteiger partial charge in [0.15, 0.2) is 5.96 Å². The van der Waals surface area contributed by atoms with E-state index in [9.17, 15) is 4.79 Å². The Bertz CT molecular complexity index is 920. The predicted molar refractivity (Wildman–Crippen MR) is 131 cm³/mol. The third kappa shape index (κ3) is 4.63. The van der Waals surface area contributed by atoms with Gasteiger partial charge in [-0.25, -0.2) is 0 Å². The van der Waals surface area contributed by atoms with Crippen LogP contribution in [0.2, 0.25) is 0 Å². The van der Waals surface area contributed by atoms with Crippen molar-refractivity contribution in [1.29, 1.82) is 0 Å². The summed E-state index contributed by atoms with van der Waals surface area (Å²) in [6, 6.07) is 8.63. The van der Waals surface area contributed by atoms with Crippen molar-refractivity contribution in [2.24, 2.45) is 12.0 Å². The molecule has 1 aromatic carbocycles. The lowest BCUT2D eigenvalue weighted by Gasteiger charge is -2.35. The minimum absolute atomic E-state index is 0. The van der Waals surface area contributed by atoms with Crippen LogP contribution in [0.4, 0.5) is 5.69 Å². The van der Waals surface area contributed by atoms with Crippen molar-refractivity contribution < 1.29 is 4.79 Å². The molecule has 2 aromatic rings. The van der Waals surface area contributed by atoms with Crippen molar-refractivity contribution in [1.82, 2.24) is 20.0 Å². The summed E-state index contributed by atoms with van der Waals surface area (Å²) in [5.41, 5.74) is 3.77. The van der Waals surface area contributed by atoms with Gasteiger partial charge in [0.2, 0.25) is 5.91 Å². The number of carbonyl (C=O) groups is 1. The molecule has 7 nitrogen and oxygen atoms in total. The van der Waals surface area contributed by atoms with Crippen LogP contribution in [0.5, 0.6) is 0 Å². The molecule has 0 atom stereocenters. The lowest BCUT2D eigenvalue weighted by atomic mass is 9.92. The van der Waals surface area contributed by atoms with Gasteiger partial charge in [0.25, 0.3) is 0 Å². The summed E-state index contributed by atoms with van der Waals surface area (Å²) in [5.74, 6) is 0.918. The van der Waals surface area contributed by atoms with E-state index in [0.717, 1.165) is 31.3 Å². The van der Waals surface area contributed by atoms with E-state index >= 15 is 0 Å². The van der Waals surface area contributed by atoms with Gasteiger partial charge in [-0.1, -0.05) is 24.3 Å². The molecule has 1 N–H and O–H groups in total. The van der Waals surface area contributed by atoms with Gasteiger partial charge in [0.05, 0.1) is 18.4 Å². The maximum atomic E-state index is 12.8. The van der Waals surface area contributed by atoms with E-state index in [1.807, 2.05) is 18.1 Å². The van der Waals surface area contributed by atoms with Gasteiger partial charge < -0.3 is 15.1 Å². The van der Waals surface area contributed by atoms with E-state index in [1.165, 1.54) is 24.0 Å². The summed E-state index contributed by atoms with van der Waals surface area (Å²) in [6.07, 6.45) is 5.97. The van der Waals surface area contributed by atoms with Crippen molar-refractivity contribution >= 4 is 41.5 Å². The number of hydrogen-bond donors (Lipinski definition) is 1. The first-order valence-corrected chi connectivity index (χ1v) is 10.4. The summed E-state index contributed by atoms with van der Waals surface area (Å²) < 4.78 is 1.72. The molecule has 1 amide bonds. The summed E-state index contributed by atoms with van der Waals surface area (Å²) in [5, 5.41) is 7.57. The van der Waals surface area contributed by atoms with E-state index in [1.54, 1.807) is 10.9 Å². The average Bonchev–Trinajstić information content (AvgIpc) is 3.38. The number of aromatic nitrogens is 2. The van der Waals surface area contributed by atoms with Gasteiger partial charge in [0.1, 0.15) is 6.54 Å². The number of piperazine rings is 1. The second-order valence-electron chi connectivity index (χ2n) is 8.10. The van der Waals surface area contributed by atoms with Crippen LogP contribution in [0.25, 0.3) is 0 Å². The highest BCUT2D eigenvalue weighted by Crippen LogP contribution is 2.49.